The number of hydrogen-bond donors (Lipinski definition) is 2. The van der Waals surface area contributed by atoms with Crippen molar-refractivity contribution in [1.29, 1.82) is 0 Å². The van der Waals surface area contributed by atoms with Crippen LogP contribution in [0, 0.1) is 11.8 Å². The van der Waals surface area contributed by atoms with Crippen molar-refractivity contribution in [3.8, 4) is 0 Å². The van der Waals surface area contributed by atoms with E-state index in [9.17, 15) is 14.4 Å². The van der Waals surface area contributed by atoms with Gasteiger partial charge in [0.05, 0.1) is 17.9 Å². The monoisotopic (exact) mass is 350 g/mol. The molecule has 2 aromatic rings. The minimum absolute atomic E-state index is 0.0191. The number of carbonyl (C=O) groups excluding carboxylic acids is 3. The quantitative estimate of drug-likeness (QED) is 0.785. The lowest BCUT2D eigenvalue weighted by Crippen LogP contribution is -2.29. The van der Waals surface area contributed by atoms with Gasteiger partial charge in [-0.1, -0.05) is 30.3 Å². The Hall–Kier alpha value is -2.95. The fourth-order valence-corrected chi connectivity index (χ4v) is 2.94. The molecule has 1 aliphatic carbocycles. The Kier molecular flexibility index (Phi) is 5.16. The van der Waals surface area contributed by atoms with Gasteiger partial charge >= 0.3 is 0 Å². The van der Waals surface area contributed by atoms with E-state index in [0.29, 0.717) is 17.7 Å². The number of Topliss-reactive ketones (excluding diaryl/α,β-unsaturated/α-hetero) is 1. The maximum absolute atomic E-state index is 12.3. The van der Waals surface area contributed by atoms with Crippen molar-refractivity contribution in [3.05, 3.63) is 65.7 Å². The molecule has 0 heterocycles. The van der Waals surface area contributed by atoms with Crippen LogP contribution in [0.15, 0.2) is 54.6 Å². The fraction of sp³-hybridized carbons (Fsp3) is 0.286. The zero-order valence-electron chi connectivity index (χ0n) is 14.9. The van der Waals surface area contributed by atoms with Gasteiger partial charge in [-0.25, -0.2) is 0 Å². The van der Waals surface area contributed by atoms with Crippen LogP contribution in [0.3, 0.4) is 0 Å². The van der Waals surface area contributed by atoms with Gasteiger partial charge < -0.3 is 10.6 Å². The smallest absolute Gasteiger partial charge is 0.228 e. The molecule has 0 saturated heterocycles. The second kappa shape index (κ2) is 7.52. The zero-order valence-corrected chi connectivity index (χ0v) is 14.9. The van der Waals surface area contributed by atoms with Crippen LogP contribution in [0.4, 0.5) is 5.69 Å². The third-order valence-corrected chi connectivity index (χ3v) is 4.68. The molecular weight excluding hydrogens is 328 g/mol. The molecule has 26 heavy (non-hydrogen) atoms. The molecule has 5 heteroatoms. The maximum Gasteiger partial charge on any atom is 0.228 e. The highest BCUT2D eigenvalue weighted by Crippen LogP contribution is 2.40. The molecule has 134 valence electrons. The molecule has 1 fully saturated rings. The molecule has 0 radical (unpaired) electrons. The van der Waals surface area contributed by atoms with E-state index in [1.807, 2.05) is 37.3 Å². The van der Waals surface area contributed by atoms with Crippen LogP contribution in [0.1, 0.15) is 42.2 Å². The molecule has 1 aliphatic rings. The fourth-order valence-electron chi connectivity index (χ4n) is 2.94. The summed E-state index contributed by atoms with van der Waals surface area (Å²) in [5.74, 6) is -0.848. The first kappa shape index (κ1) is 17.9. The van der Waals surface area contributed by atoms with Crippen molar-refractivity contribution in [2.24, 2.45) is 11.8 Å². The number of carbonyl (C=O) groups is 3. The number of rotatable bonds is 6. The van der Waals surface area contributed by atoms with Crippen molar-refractivity contribution in [1.82, 2.24) is 5.32 Å². The minimum atomic E-state index is -0.301. The highest BCUT2D eigenvalue weighted by Gasteiger charge is 2.48. The molecule has 3 rings (SSSR count). The van der Waals surface area contributed by atoms with E-state index in [1.54, 1.807) is 24.3 Å². The normalized spacial score (nSPS) is 19.3. The summed E-state index contributed by atoms with van der Waals surface area (Å²) in [6.07, 6.45) is 0.560. The van der Waals surface area contributed by atoms with E-state index in [1.165, 1.54) is 6.92 Å². The zero-order chi connectivity index (χ0) is 18.7. The number of anilines is 1. The van der Waals surface area contributed by atoms with Gasteiger partial charge in [-0.2, -0.15) is 0 Å². The summed E-state index contributed by atoms with van der Waals surface area (Å²) < 4.78 is 0. The summed E-state index contributed by atoms with van der Waals surface area (Å²) in [6.45, 7) is 3.43. The second-order valence-electron chi connectivity index (χ2n) is 6.71. The molecule has 2 N–H and O–H groups in total. The van der Waals surface area contributed by atoms with Gasteiger partial charge in [0.25, 0.3) is 0 Å². The Balaban J connectivity index is 1.52. The molecular formula is C21H22N2O3. The maximum atomic E-state index is 12.3. The van der Waals surface area contributed by atoms with Crippen molar-refractivity contribution in [3.63, 3.8) is 0 Å². The lowest BCUT2D eigenvalue weighted by Gasteiger charge is -2.14. The Morgan fingerprint density at radius 3 is 2.15 bits per heavy atom. The van der Waals surface area contributed by atoms with E-state index in [0.717, 1.165) is 5.56 Å². The van der Waals surface area contributed by atoms with Gasteiger partial charge in [-0.3, -0.25) is 14.4 Å². The predicted molar refractivity (Wildman–Crippen MR) is 99.7 cm³/mol. The number of ketones is 1. The van der Waals surface area contributed by atoms with E-state index in [-0.39, 0.29) is 35.5 Å². The van der Waals surface area contributed by atoms with Crippen LogP contribution in [0.2, 0.25) is 0 Å². The number of hydrogen-bond acceptors (Lipinski definition) is 3. The number of benzene rings is 2. The van der Waals surface area contributed by atoms with Gasteiger partial charge in [-0.05, 0) is 50.1 Å². The van der Waals surface area contributed by atoms with Gasteiger partial charge in [-0.15, -0.1) is 0 Å². The van der Waals surface area contributed by atoms with Crippen LogP contribution in [-0.4, -0.2) is 17.6 Å². The lowest BCUT2D eigenvalue weighted by molar-refractivity contribution is -0.125. The summed E-state index contributed by atoms with van der Waals surface area (Å²) in [5, 5.41) is 5.78. The molecule has 0 bridgehead atoms. The molecule has 0 aliphatic heterocycles. The Morgan fingerprint density at radius 2 is 1.54 bits per heavy atom. The van der Waals surface area contributed by atoms with Crippen molar-refractivity contribution in [2.75, 3.05) is 5.32 Å². The van der Waals surface area contributed by atoms with Gasteiger partial charge in [0, 0.05) is 11.3 Å². The average Bonchev–Trinajstić information content (AvgIpc) is 3.44. The van der Waals surface area contributed by atoms with Gasteiger partial charge in [0.2, 0.25) is 11.8 Å². The molecule has 3 atom stereocenters. The third kappa shape index (κ3) is 4.17. The average molecular weight is 350 g/mol. The van der Waals surface area contributed by atoms with Gasteiger partial charge in [0.1, 0.15) is 0 Å². The molecule has 2 amide bonds. The van der Waals surface area contributed by atoms with Crippen LogP contribution < -0.4 is 10.6 Å². The Morgan fingerprint density at radius 1 is 0.923 bits per heavy atom. The van der Waals surface area contributed by atoms with Crippen molar-refractivity contribution in [2.45, 2.75) is 26.3 Å². The van der Waals surface area contributed by atoms with E-state index in [4.69, 9.17) is 0 Å². The molecule has 5 nitrogen and oxygen atoms in total. The molecule has 2 aromatic carbocycles. The third-order valence-electron chi connectivity index (χ3n) is 4.68. The summed E-state index contributed by atoms with van der Waals surface area (Å²) in [5.41, 5.74) is 2.26. The largest absolute Gasteiger partial charge is 0.349 e. The molecule has 0 spiro atoms. The first-order chi connectivity index (χ1) is 12.5. The second-order valence-corrected chi connectivity index (χ2v) is 6.71. The van der Waals surface area contributed by atoms with Crippen LogP contribution >= 0.6 is 0 Å². The minimum Gasteiger partial charge on any atom is -0.349 e. The van der Waals surface area contributed by atoms with Crippen molar-refractivity contribution < 1.29 is 14.4 Å². The Bertz CT molecular complexity index is 815. The van der Waals surface area contributed by atoms with E-state index in [2.05, 4.69) is 10.6 Å². The number of amides is 2. The first-order valence-electron chi connectivity index (χ1n) is 8.73. The van der Waals surface area contributed by atoms with E-state index >= 15 is 0 Å². The standard InChI is InChI=1S/C21H22N2O3/c1-13(15-6-4-3-5-7-15)22-20(25)18-12-19(18)21(26)23-17-10-8-16(9-11-17)14(2)24/h3-11,13,18-19H,12H2,1-2H3,(H,22,25)(H,23,26). The molecule has 0 aromatic heterocycles. The van der Waals surface area contributed by atoms with Crippen LogP contribution in [0.25, 0.3) is 0 Å². The lowest BCUT2D eigenvalue weighted by atomic mass is 10.1. The summed E-state index contributed by atoms with van der Waals surface area (Å²) in [6, 6.07) is 16.4. The SMILES string of the molecule is CC(=O)c1ccc(NC(=O)C2CC2C(=O)NC(C)c2ccccc2)cc1. The predicted octanol–water partition coefficient (Wildman–Crippen LogP) is 3.34. The molecule has 1 saturated carbocycles. The Labute approximate surface area is 152 Å². The van der Waals surface area contributed by atoms with E-state index < -0.39 is 0 Å². The van der Waals surface area contributed by atoms with Gasteiger partial charge in [0.15, 0.2) is 5.78 Å². The highest BCUT2D eigenvalue weighted by atomic mass is 16.2. The summed E-state index contributed by atoms with van der Waals surface area (Å²) in [4.78, 5) is 35.9. The molecule has 3 unspecified atom stereocenters. The summed E-state index contributed by atoms with van der Waals surface area (Å²) in [7, 11) is 0. The van der Waals surface area contributed by atoms with Crippen LogP contribution in [-0.2, 0) is 9.59 Å². The first-order valence-corrected chi connectivity index (χ1v) is 8.73. The topological polar surface area (TPSA) is 75.3 Å². The summed E-state index contributed by atoms with van der Waals surface area (Å²) >= 11 is 0. The van der Waals surface area contributed by atoms with Crippen LogP contribution in [0.5, 0.6) is 0 Å². The highest BCUT2D eigenvalue weighted by molar-refractivity contribution is 6.00. The number of nitrogens with one attached hydrogen (secondary N) is 2. The van der Waals surface area contributed by atoms with Crippen molar-refractivity contribution >= 4 is 23.3 Å².